The van der Waals surface area contributed by atoms with Crippen molar-refractivity contribution in [2.24, 2.45) is 4.99 Å². The minimum Gasteiger partial charge on any atom is -0.488 e. The van der Waals surface area contributed by atoms with Crippen LogP contribution in [0.15, 0.2) is 53.5 Å². The van der Waals surface area contributed by atoms with Gasteiger partial charge in [0.25, 0.3) is 0 Å². The predicted octanol–water partition coefficient (Wildman–Crippen LogP) is 3.15. The lowest BCUT2D eigenvalue weighted by molar-refractivity contribution is 0.0526. The van der Waals surface area contributed by atoms with Gasteiger partial charge < -0.3 is 20.1 Å². The largest absolute Gasteiger partial charge is 0.488 e. The maximum Gasteiger partial charge on any atom is 0.338 e. The van der Waals surface area contributed by atoms with E-state index in [1.807, 2.05) is 30.3 Å². The predicted molar refractivity (Wildman–Crippen MR) is 121 cm³/mol. The lowest BCUT2D eigenvalue weighted by Crippen LogP contribution is -2.41. The maximum atomic E-state index is 11.7. The van der Waals surface area contributed by atoms with Crippen molar-refractivity contribution in [3.8, 4) is 5.75 Å². The van der Waals surface area contributed by atoms with E-state index in [9.17, 15) is 4.79 Å². The Morgan fingerprint density at radius 3 is 2.61 bits per heavy atom. The molecule has 2 N–H and O–H groups in total. The van der Waals surface area contributed by atoms with E-state index in [1.54, 1.807) is 26.1 Å². The first-order valence-corrected chi connectivity index (χ1v) is 9.14. The highest BCUT2D eigenvalue weighted by atomic mass is 127. The van der Waals surface area contributed by atoms with Crippen molar-refractivity contribution in [1.82, 2.24) is 10.6 Å². The van der Waals surface area contributed by atoms with E-state index in [-0.39, 0.29) is 36.0 Å². The van der Waals surface area contributed by atoms with Gasteiger partial charge >= 0.3 is 5.97 Å². The van der Waals surface area contributed by atoms with Crippen LogP contribution in [0, 0.1) is 0 Å². The number of guanidine groups is 1. The molecule has 0 radical (unpaired) electrons. The fourth-order valence-corrected chi connectivity index (χ4v) is 2.96. The SMILES string of the molecule is CCOC(=O)c1ccc(CNC(=NC)NCC2Cc3ccccc3O2)cc1.I. The Labute approximate surface area is 182 Å². The fourth-order valence-electron chi connectivity index (χ4n) is 2.96. The van der Waals surface area contributed by atoms with E-state index in [1.165, 1.54) is 5.56 Å². The van der Waals surface area contributed by atoms with Gasteiger partial charge in [-0.2, -0.15) is 0 Å². The first-order chi connectivity index (χ1) is 13.2. The Bertz CT molecular complexity index is 784. The van der Waals surface area contributed by atoms with Crippen LogP contribution in [0.3, 0.4) is 0 Å². The summed E-state index contributed by atoms with van der Waals surface area (Å²) in [5, 5.41) is 6.57. The quantitative estimate of drug-likeness (QED) is 0.279. The van der Waals surface area contributed by atoms with Crippen LogP contribution in [-0.4, -0.2) is 38.2 Å². The molecule has 0 aromatic heterocycles. The minimum absolute atomic E-state index is 0. The molecule has 0 spiro atoms. The molecular formula is C21H26IN3O3. The molecule has 150 valence electrons. The number of rotatable bonds is 6. The van der Waals surface area contributed by atoms with E-state index >= 15 is 0 Å². The average molecular weight is 495 g/mol. The summed E-state index contributed by atoms with van der Waals surface area (Å²) in [6.07, 6.45) is 1.000. The number of benzene rings is 2. The van der Waals surface area contributed by atoms with E-state index in [4.69, 9.17) is 9.47 Å². The van der Waals surface area contributed by atoms with Crippen molar-refractivity contribution < 1.29 is 14.3 Å². The number of hydrogen-bond donors (Lipinski definition) is 2. The molecule has 0 amide bonds. The van der Waals surface area contributed by atoms with Crippen LogP contribution < -0.4 is 15.4 Å². The van der Waals surface area contributed by atoms with Crippen molar-refractivity contribution in [2.45, 2.75) is 26.0 Å². The molecule has 2 aromatic rings. The van der Waals surface area contributed by atoms with Crippen molar-refractivity contribution in [3.05, 3.63) is 65.2 Å². The van der Waals surface area contributed by atoms with Crippen molar-refractivity contribution in [1.29, 1.82) is 0 Å². The van der Waals surface area contributed by atoms with Crippen LogP contribution in [0.25, 0.3) is 0 Å². The third kappa shape index (κ3) is 5.85. The lowest BCUT2D eigenvalue weighted by Gasteiger charge is -2.15. The van der Waals surface area contributed by atoms with Crippen LogP contribution in [0.5, 0.6) is 5.75 Å². The Hall–Kier alpha value is -2.29. The zero-order chi connectivity index (χ0) is 19.1. The number of ether oxygens (including phenoxy) is 2. The molecule has 0 bridgehead atoms. The van der Waals surface area contributed by atoms with Crippen LogP contribution in [0.2, 0.25) is 0 Å². The van der Waals surface area contributed by atoms with Gasteiger partial charge in [0.2, 0.25) is 0 Å². The molecule has 2 aromatic carbocycles. The van der Waals surface area contributed by atoms with Gasteiger partial charge in [0.15, 0.2) is 5.96 Å². The van der Waals surface area contributed by atoms with Crippen LogP contribution >= 0.6 is 24.0 Å². The molecule has 1 aliphatic heterocycles. The highest BCUT2D eigenvalue weighted by molar-refractivity contribution is 14.0. The monoisotopic (exact) mass is 495 g/mol. The Morgan fingerprint density at radius 1 is 1.18 bits per heavy atom. The summed E-state index contributed by atoms with van der Waals surface area (Å²) in [5.41, 5.74) is 2.85. The summed E-state index contributed by atoms with van der Waals surface area (Å²) in [7, 11) is 1.74. The van der Waals surface area contributed by atoms with Gasteiger partial charge in [-0.1, -0.05) is 30.3 Å². The molecule has 1 heterocycles. The summed E-state index contributed by atoms with van der Waals surface area (Å²) in [6.45, 7) is 3.45. The second-order valence-corrected chi connectivity index (χ2v) is 6.28. The molecule has 1 atom stereocenters. The van der Waals surface area contributed by atoms with Gasteiger partial charge in [-0.15, -0.1) is 24.0 Å². The average Bonchev–Trinajstić information content (AvgIpc) is 3.11. The summed E-state index contributed by atoms with van der Waals surface area (Å²) >= 11 is 0. The second-order valence-electron chi connectivity index (χ2n) is 6.28. The number of halogens is 1. The van der Waals surface area contributed by atoms with E-state index < -0.39 is 0 Å². The highest BCUT2D eigenvalue weighted by Gasteiger charge is 2.22. The van der Waals surface area contributed by atoms with E-state index in [2.05, 4.69) is 21.7 Å². The number of esters is 1. The Morgan fingerprint density at radius 2 is 1.93 bits per heavy atom. The molecule has 6 nitrogen and oxygen atoms in total. The third-order valence-corrected chi connectivity index (χ3v) is 4.36. The zero-order valence-corrected chi connectivity index (χ0v) is 18.4. The molecule has 28 heavy (non-hydrogen) atoms. The van der Waals surface area contributed by atoms with E-state index in [0.717, 1.165) is 17.7 Å². The van der Waals surface area contributed by atoms with Gasteiger partial charge in [0, 0.05) is 20.0 Å². The lowest BCUT2D eigenvalue weighted by atomic mass is 10.1. The normalized spacial score (nSPS) is 15.1. The topological polar surface area (TPSA) is 72.0 Å². The third-order valence-electron chi connectivity index (χ3n) is 4.36. The number of carbonyl (C=O) groups excluding carboxylic acids is 1. The first kappa shape index (κ1) is 22.0. The number of fused-ring (bicyclic) bond motifs is 1. The smallest absolute Gasteiger partial charge is 0.338 e. The number of nitrogens with one attached hydrogen (secondary N) is 2. The fraction of sp³-hybridized carbons (Fsp3) is 0.333. The Balaban J connectivity index is 0.00000280. The van der Waals surface area contributed by atoms with Gasteiger partial charge in [-0.25, -0.2) is 4.79 Å². The molecule has 1 aliphatic rings. The van der Waals surface area contributed by atoms with Crippen LogP contribution in [0.1, 0.15) is 28.4 Å². The van der Waals surface area contributed by atoms with Gasteiger partial charge in [0.05, 0.1) is 18.7 Å². The number of aliphatic imine (C=N–C) groups is 1. The molecule has 0 aliphatic carbocycles. The number of hydrogen-bond acceptors (Lipinski definition) is 4. The summed E-state index contributed by atoms with van der Waals surface area (Å²) in [5.74, 6) is 1.38. The molecule has 0 saturated carbocycles. The standard InChI is InChI=1S/C21H25N3O3.HI/c1-3-26-20(25)16-10-8-15(9-11-16)13-23-21(22-2)24-14-18-12-17-6-4-5-7-19(17)27-18;/h4-11,18H,3,12-14H2,1-2H3,(H2,22,23,24);1H. The maximum absolute atomic E-state index is 11.7. The summed E-state index contributed by atoms with van der Waals surface area (Å²) < 4.78 is 10.9. The summed E-state index contributed by atoms with van der Waals surface area (Å²) in [4.78, 5) is 15.9. The minimum atomic E-state index is -0.299. The summed E-state index contributed by atoms with van der Waals surface area (Å²) in [6, 6.07) is 15.5. The molecule has 0 fully saturated rings. The molecule has 7 heteroatoms. The van der Waals surface area contributed by atoms with Crippen molar-refractivity contribution in [2.75, 3.05) is 20.2 Å². The second kappa shape index (κ2) is 10.9. The van der Waals surface area contributed by atoms with Crippen molar-refractivity contribution >= 4 is 35.9 Å². The molecule has 3 rings (SSSR count). The highest BCUT2D eigenvalue weighted by Crippen LogP contribution is 2.27. The number of para-hydroxylation sites is 1. The zero-order valence-electron chi connectivity index (χ0n) is 16.1. The molecule has 0 saturated heterocycles. The Kier molecular flexibility index (Phi) is 8.56. The first-order valence-electron chi connectivity index (χ1n) is 9.14. The number of carbonyl (C=O) groups is 1. The molecule has 1 unspecified atom stereocenters. The molecular weight excluding hydrogens is 469 g/mol. The van der Waals surface area contributed by atoms with Crippen molar-refractivity contribution in [3.63, 3.8) is 0 Å². The number of nitrogens with zero attached hydrogens (tertiary/aromatic N) is 1. The van der Waals surface area contributed by atoms with Gasteiger partial charge in [0.1, 0.15) is 11.9 Å². The van der Waals surface area contributed by atoms with E-state index in [0.29, 0.717) is 31.2 Å². The van der Waals surface area contributed by atoms with Crippen LogP contribution in [-0.2, 0) is 17.7 Å². The van der Waals surface area contributed by atoms with Crippen LogP contribution in [0.4, 0.5) is 0 Å². The van der Waals surface area contributed by atoms with Gasteiger partial charge in [-0.05, 0) is 36.2 Å². The van der Waals surface area contributed by atoms with Gasteiger partial charge in [-0.3, -0.25) is 4.99 Å².